The summed E-state index contributed by atoms with van der Waals surface area (Å²) >= 11 is 12.2. The number of aromatic nitrogens is 2. The highest BCUT2D eigenvalue weighted by atomic mass is 35.5. The smallest absolute Gasteiger partial charge is 0.323 e. The first-order chi connectivity index (χ1) is 15.7. The van der Waals surface area contributed by atoms with Crippen LogP contribution in [-0.4, -0.2) is 47.5 Å². The van der Waals surface area contributed by atoms with Crippen molar-refractivity contribution in [2.45, 2.75) is 65.1 Å². The number of rotatable bonds is 13. The number of hydrogen-bond donors (Lipinski definition) is 1. The van der Waals surface area contributed by atoms with Gasteiger partial charge >= 0.3 is 11.9 Å². The minimum Gasteiger partial charge on any atom is -0.468 e. The van der Waals surface area contributed by atoms with Crippen molar-refractivity contribution < 1.29 is 19.1 Å². The van der Waals surface area contributed by atoms with E-state index in [0.717, 1.165) is 18.4 Å². The van der Waals surface area contributed by atoms with Gasteiger partial charge in [-0.3, -0.25) is 19.6 Å². The highest BCUT2D eigenvalue weighted by Crippen LogP contribution is 2.20. The van der Waals surface area contributed by atoms with Gasteiger partial charge in [0.2, 0.25) is 0 Å². The number of esters is 2. The van der Waals surface area contributed by atoms with Gasteiger partial charge < -0.3 is 9.47 Å². The fraction of sp³-hybridized carbons (Fsp3) is 0.542. The molecule has 1 N–H and O–H groups in total. The highest BCUT2D eigenvalue weighted by Gasteiger charge is 2.29. The largest absolute Gasteiger partial charge is 0.468 e. The van der Waals surface area contributed by atoms with Crippen molar-refractivity contribution in [1.82, 2.24) is 15.1 Å². The summed E-state index contributed by atoms with van der Waals surface area (Å²) in [4.78, 5) is 25.1. The van der Waals surface area contributed by atoms with Crippen LogP contribution in [0.15, 0.2) is 30.5 Å². The maximum absolute atomic E-state index is 12.6. The normalized spacial score (nSPS) is 13.1. The van der Waals surface area contributed by atoms with Gasteiger partial charge in [-0.05, 0) is 48.6 Å². The number of carbonyl (C=O) groups excluding carboxylic acids is 2. The first kappa shape index (κ1) is 27.2. The first-order valence-corrected chi connectivity index (χ1v) is 11.9. The highest BCUT2D eigenvalue weighted by molar-refractivity contribution is 6.34. The summed E-state index contributed by atoms with van der Waals surface area (Å²) in [7, 11) is 1.33. The van der Waals surface area contributed by atoms with Crippen LogP contribution in [0.25, 0.3) is 0 Å². The molecule has 0 bridgehead atoms. The zero-order valence-electron chi connectivity index (χ0n) is 19.6. The van der Waals surface area contributed by atoms with E-state index in [9.17, 15) is 9.59 Å². The van der Waals surface area contributed by atoms with Crippen molar-refractivity contribution in [3.63, 3.8) is 0 Å². The quantitative estimate of drug-likeness (QED) is 0.319. The van der Waals surface area contributed by atoms with Crippen LogP contribution in [0.5, 0.6) is 0 Å². The number of ether oxygens (including phenoxy) is 2. The number of benzene rings is 1. The van der Waals surface area contributed by atoms with Crippen LogP contribution in [0, 0.1) is 5.92 Å². The molecule has 182 valence electrons. The molecule has 7 nitrogen and oxygen atoms in total. The molecule has 1 aromatic carbocycles. The van der Waals surface area contributed by atoms with Crippen molar-refractivity contribution in [2.75, 3.05) is 13.7 Å². The lowest BCUT2D eigenvalue weighted by Crippen LogP contribution is -2.49. The Hall–Kier alpha value is -2.09. The lowest BCUT2D eigenvalue weighted by atomic mass is 10.0. The van der Waals surface area contributed by atoms with Crippen LogP contribution in [-0.2, 0) is 32.0 Å². The van der Waals surface area contributed by atoms with Crippen LogP contribution in [0.3, 0.4) is 0 Å². The number of carbonyl (C=O) groups is 2. The zero-order valence-corrected chi connectivity index (χ0v) is 21.2. The van der Waals surface area contributed by atoms with E-state index in [0.29, 0.717) is 35.3 Å². The lowest BCUT2D eigenvalue weighted by molar-refractivity contribution is -0.148. The molecule has 1 heterocycles. The Morgan fingerprint density at radius 1 is 1.12 bits per heavy atom. The van der Waals surface area contributed by atoms with Crippen LogP contribution in [0.1, 0.15) is 51.3 Å². The number of nitrogens with zero attached hydrogens (tertiary/aromatic N) is 2. The molecular formula is C24H33Cl2N3O4. The molecule has 0 amide bonds. The Kier molecular flexibility index (Phi) is 11.2. The summed E-state index contributed by atoms with van der Waals surface area (Å²) in [6.07, 6.45) is 4.37. The van der Waals surface area contributed by atoms with E-state index in [-0.39, 0.29) is 18.3 Å². The summed E-state index contributed by atoms with van der Waals surface area (Å²) in [6.45, 7) is 6.92. The van der Waals surface area contributed by atoms with E-state index in [1.54, 1.807) is 10.7 Å². The maximum Gasteiger partial charge on any atom is 0.323 e. The minimum atomic E-state index is -0.735. The number of hydrogen-bond acceptors (Lipinski definition) is 6. The van der Waals surface area contributed by atoms with Crippen molar-refractivity contribution in [1.29, 1.82) is 0 Å². The number of methoxy groups -OCH3 is 1. The molecule has 0 saturated carbocycles. The van der Waals surface area contributed by atoms with Gasteiger partial charge in [-0.15, -0.1) is 0 Å². The molecule has 0 aliphatic carbocycles. The van der Waals surface area contributed by atoms with Crippen LogP contribution in [0.2, 0.25) is 10.0 Å². The van der Waals surface area contributed by atoms with Gasteiger partial charge in [0.1, 0.15) is 12.1 Å². The third-order valence-corrected chi connectivity index (χ3v) is 5.43. The molecule has 0 radical (unpaired) electrons. The Balaban J connectivity index is 2.11. The SMILES string of the molecule is CCCCOC(=O)[C@H](CC(C)C)N[C@@H](Cc1ccn(Cc2cc(Cl)cc(Cl)c2)n1)C(=O)OC. The van der Waals surface area contributed by atoms with E-state index in [4.69, 9.17) is 32.7 Å². The third-order valence-electron chi connectivity index (χ3n) is 5.00. The summed E-state index contributed by atoms with van der Waals surface area (Å²) in [5.74, 6) is -0.570. The average Bonchev–Trinajstić information content (AvgIpc) is 3.17. The second-order valence-corrected chi connectivity index (χ2v) is 9.30. The van der Waals surface area contributed by atoms with Crippen molar-refractivity contribution in [3.8, 4) is 0 Å². The second-order valence-electron chi connectivity index (χ2n) is 8.43. The predicted molar refractivity (Wildman–Crippen MR) is 130 cm³/mol. The van der Waals surface area contributed by atoms with E-state index in [1.807, 2.05) is 45.2 Å². The Morgan fingerprint density at radius 2 is 1.82 bits per heavy atom. The lowest BCUT2D eigenvalue weighted by Gasteiger charge is -2.24. The van der Waals surface area contributed by atoms with Gasteiger partial charge in [-0.1, -0.05) is 50.4 Å². The van der Waals surface area contributed by atoms with E-state index in [1.165, 1.54) is 7.11 Å². The van der Waals surface area contributed by atoms with Crippen LogP contribution in [0.4, 0.5) is 0 Å². The molecule has 0 aliphatic rings. The minimum absolute atomic E-state index is 0.239. The first-order valence-electron chi connectivity index (χ1n) is 11.2. The Morgan fingerprint density at radius 3 is 2.42 bits per heavy atom. The molecular weight excluding hydrogens is 465 g/mol. The van der Waals surface area contributed by atoms with Gasteiger partial charge in [0.15, 0.2) is 0 Å². The van der Waals surface area contributed by atoms with E-state index in [2.05, 4.69) is 10.4 Å². The summed E-state index contributed by atoms with van der Waals surface area (Å²) < 4.78 is 12.1. The monoisotopic (exact) mass is 497 g/mol. The van der Waals surface area contributed by atoms with Gasteiger partial charge in [0.05, 0.1) is 26.0 Å². The molecule has 2 aromatic rings. The number of nitrogens with one attached hydrogen (secondary N) is 1. The van der Waals surface area contributed by atoms with Gasteiger partial charge in [0, 0.05) is 22.7 Å². The fourth-order valence-electron chi connectivity index (χ4n) is 3.42. The average molecular weight is 498 g/mol. The Labute approximate surface area is 205 Å². The number of unbranched alkanes of at least 4 members (excludes halogenated alkanes) is 1. The molecule has 0 aliphatic heterocycles. The van der Waals surface area contributed by atoms with Crippen molar-refractivity contribution in [3.05, 3.63) is 51.8 Å². The molecule has 9 heteroatoms. The van der Waals surface area contributed by atoms with E-state index >= 15 is 0 Å². The summed E-state index contributed by atoms with van der Waals surface area (Å²) in [5.41, 5.74) is 1.60. The molecule has 0 spiro atoms. The topological polar surface area (TPSA) is 82.5 Å². The summed E-state index contributed by atoms with van der Waals surface area (Å²) in [6, 6.07) is 5.82. The zero-order chi connectivity index (χ0) is 24.4. The Bertz CT molecular complexity index is 897. The predicted octanol–water partition coefficient (Wildman–Crippen LogP) is 4.67. The molecule has 0 unspecified atom stereocenters. The molecule has 1 aromatic heterocycles. The van der Waals surface area contributed by atoms with Gasteiger partial charge in [-0.2, -0.15) is 5.10 Å². The number of halogens is 2. The van der Waals surface area contributed by atoms with E-state index < -0.39 is 18.1 Å². The standard InChI is InChI=1S/C24H33Cl2N3O4/c1-5-6-9-33-24(31)21(10-16(2)3)27-22(23(30)32-4)14-20-7-8-29(28-20)15-17-11-18(25)13-19(26)12-17/h7-8,11-13,16,21-22,27H,5-6,9-10,14-15H2,1-4H3/t21-,22-/m0/s1. The van der Waals surface area contributed by atoms with Crippen molar-refractivity contribution >= 4 is 35.1 Å². The van der Waals surface area contributed by atoms with Crippen LogP contribution < -0.4 is 5.32 Å². The van der Waals surface area contributed by atoms with Crippen LogP contribution >= 0.6 is 23.2 Å². The van der Waals surface area contributed by atoms with Gasteiger partial charge in [-0.25, -0.2) is 0 Å². The molecule has 0 fully saturated rings. The maximum atomic E-state index is 12.6. The molecule has 2 rings (SSSR count). The third kappa shape index (κ3) is 9.35. The molecule has 33 heavy (non-hydrogen) atoms. The fourth-order valence-corrected chi connectivity index (χ4v) is 3.99. The van der Waals surface area contributed by atoms with Gasteiger partial charge in [0.25, 0.3) is 0 Å². The molecule has 2 atom stereocenters. The molecule has 0 saturated heterocycles. The second kappa shape index (κ2) is 13.6. The summed E-state index contributed by atoms with van der Waals surface area (Å²) in [5, 5.41) is 8.83. The van der Waals surface area contributed by atoms with Crippen molar-refractivity contribution in [2.24, 2.45) is 5.92 Å².